The number of halogens is 1. The molecule has 2 aromatic rings. The Morgan fingerprint density at radius 1 is 1.38 bits per heavy atom. The molecular formula is C17H21ClN4O2. The van der Waals surface area contributed by atoms with Crippen LogP contribution in [0.5, 0.6) is 0 Å². The third kappa shape index (κ3) is 3.60. The van der Waals surface area contributed by atoms with Gasteiger partial charge in [-0.15, -0.1) is 10.2 Å². The van der Waals surface area contributed by atoms with E-state index in [1.165, 1.54) is 0 Å². The van der Waals surface area contributed by atoms with E-state index >= 15 is 0 Å². The first-order chi connectivity index (χ1) is 11.6. The van der Waals surface area contributed by atoms with Crippen molar-refractivity contribution in [3.8, 4) is 11.5 Å². The number of hydrogen-bond acceptors (Lipinski definition) is 5. The highest BCUT2D eigenvalue weighted by Crippen LogP contribution is 2.28. The van der Waals surface area contributed by atoms with E-state index in [4.69, 9.17) is 16.0 Å². The predicted molar refractivity (Wildman–Crippen MR) is 91.5 cm³/mol. The van der Waals surface area contributed by atoms with Crippen LogP contribution >= 0.6 is 11.6 Å². The predicted octanol–water partition coefficient (Wildman–Crippen LogP) is 2.91. The van der Waals surface area contributed by atoms with Crippen LogP contribution in [0, 0.1) is 5.92 Å². The van der Waals surface area contributed by atoms with Gasteiger partial charge < -0.3 is 9.73 Å². The number of aromatic nitrogens is 2. The number of carbonyl (C=O) groups excluding carboxylic acids is 1. The van der Waals surface area contributed by atoms with Gasteiger partial charge in [0.2, 0.25) is 17.7 Å². The van der Waals surface area contributed by atoms with Gasteiger partial charge in [0.05, 0.1) is 6.04 Å². The zero-order valence-electron chi connectivity index (χ0n) is 13.8. The Kier molecular flexibility index (Phi) is 5.16. The van der Waals surface area contributed by atoms with Crippen LogP contribution in [0.25, 0.3) is 11.5 Å². The van der Waals surface area contributed by atoms with Crippen LogP contribution in [0.15, 0.2) is 28.7 Å². The van der Waals surface area contributed by atoms with Crippen molar-refractivity contribution in [1.29, 1.82) is 0 Å². The standard InChI is InChI=1S/C17H21ClN4O2/c1-11(22-8-6-12(7-9-22)15(23)19-2)16-20-21-17(24-16)13-4-3-5-14(18)10-13/h3-5,10-12H,6-9H2,1-2H3,(H,19,23). The summed E-state index contributed by atoms with van der Waals surface area (Å²) < 4.78 is 5.83. The molecule has 1 unspecified atom stereocenters. The molecule has 6 nitrogen and oxygen atoms in total. The van der Waals surface area contributed by atoms with E-state index in [1.54, 1.807) is 13.1 Å². The molecule has 0 radical (unpaired) electrons. The monoisotopic (exact) mass is 348 g/mol. The van der Waals surface area contributed by atoms with Gasteiger partial charge in [0, 0.05) is 23.6 Å². The van der Waals surface area contributed by atoms with Gasteiger partial charge in [-0.3, -0.25) is 9.69 Å². The largest absolute Gasteiger partial charge is 0.419 e. The molecule has 0 aliphatic carbocycles. The van der Waals surface area contributed by atoms with Crippen LogP contribution in [-0.4, -0.2) is 41.1 Å². The lowest BCUT2D eigenvalue weighted by Crippen LogP contribution is -2.40. The zero-order valence-corrected chi connectivity index (χ0v) is 14.6. The number of nitrogens with one attached hydrogen (secondary N) is 1. The Balaban J connectivity index is 1.66. The van der Waals surface area contributed by atoms with Crippen LogP contribution in [0.1, 0.15) is 31.7 Å². The molecule has 24 heavy (non-hydrogen) atoms. The zero-order chi connectivity index (χ0) is 17.1. The number of nitrogens with zero attached hydrogens (tertiary/aromatic N) is 3. The van der Waals surface area contributed by atoms with Gasteiger partial charge in [0.25, 0.3) is 0 Å². The molecule has 1 aliphatic heterocycles. The molecule has 0 saturated carbocycles. The fourth-order valence-electron chi connectivity index (χ4n) is 3.05. The molecule has 1 amide bonds. The van der Waals surface area contributed by atoms with Gasteiger partial charge in [-0.2, -0.15) is 0 Å². The van der Waals surface area contributed by atoms with Crippen molar-refractivity contribution in [1.82, 2.24) is 20.4 Å². The molecule has 1 N–H and O–H groups in total. The summed E-state index contributed by atoms with van der Waals surface area (Å²) in [6.07, 6.45) is 1.69. The minimum atomic E-state index is 0.0241. The number of likely N-dealkylation sites (tertiary alicyclic amines) is 1. The van der Waals surface area contributed by atoms with Crippen LogP contribution in [0.2, 0.25) is 5.02 Å². The lowest BCUT2D eigenvalue weighted by molar-refractivity contribution is -0.126. The Hall–Kier alpha value is -1.92. The summed E-state index contributed by atoms with van der Waals surface area (Å²) in [4.78, 5) is 14.0. The van der Waals surface area contributed by atoms with Crippen LogP contribution in [0.3, 0.4) is 0 Å². The Morgan fingerprint density at radius 2 is 2.12 bits per heavy atom. The quantitative estimate of drug-likeness (QED) is 0.919. The molecule has 7 heteroatoms. The van der Waals surface area contributed by atoms with Gasteiger partial charge in [-0.25, -0.2) is 0 Å². The van der Waals surface area contributed by atoms with Crippen molar-refractivity contribution in [2.75, 3.05) is 20.1 Å². The van der Waals surface area contributed by atoms with Crippen LogP contribution in [0.4, 0.5) is 0 Å². The summed E-state index contributed by atoms with van der Waals surface area (Å²) >= 11 is 6.01. The molecule has 128 valence electrons. The fourth-order valence-corrected chi connectivity index (χ4v) is 3.24. The minimum absolute atomic E-state index is 0.0241. The summed E-state index contributed by atoms with van der Waals surface area (Å²) in [6.45, 7) is 3.73. The molecule has 1 aromatic carbocycles. The Bertz CT molecular complexity index is 710. The van der Waals surface area contributed by atoms with Crippen LogP contribution in [-0.2, 0) is 4.79 Å². The maximum atomic E-state index is 11.7. The molecule has 3 rings (SSSR count). The molecule has 1 fully saturated rings. The SMILES string of the molecule is CNC(=O)C1CCN(C(C)c2nnc(-c3cccc(Cl)c3)o2)CC1. The van der Waals surface area contributed by atoms with Crippen molar-refractivity contribution in [2.45, 2.75) is 25.8 Å². The number of amides is 1. The van der Waals surface area contributed by atoms with Crippen LogP contribution < -0.4 is 5.32 Å². The fraction of sp³-hybridized carbons (Fsp3) is 0.471. The molecule has 0 bridgehead atoms. The van der Waals surface area contributed by atoms with E-state index in [2.05, 4.69) is 27.3 Å². The first-order valence-electron chi connectivity index (χ1n) is 8.13. The van der Waals surface area contributed by atoms with Gasteiger partial charge in [0.15, 0.2) is 0 Å². The summed E-state index contributed by atoms with van der Waals surface area (Å²) in [5, 5.41) is 11.7. The maximum Gasteiger partial charge on any atom is 0.247 e. The first kappa shape index (κ1) is 16.9. The average molecular weight is 349 g/mol. The topological polar surface area (TPSA) is 71.3 Å². The van der Waals surface area contributed by atoms with E-state index in [9.17, 15) is 4.79 Å². The third-order valence-electron chi connectivity index (χ3n) is 4.56. The molecule has 1 aromatic heterocycles. The molecule has 0 spiro atoms. The molecule has 2 heterocycles. The van der Waals surface area contributed by atoms with Crippen molar-refractivity contribution in [3.63, 3.8) is 0 Å². The van der Waals surface area contributed by atoms with E-state index in [1.807, 2.05) is 18.2 Å². The summed E-state index contributed by atoms with van der Waals surface area (Å²) in [6, 6.07) is 7.38. The van der Waals surface area contributed by atoms with Crippen molar-refractivity contribution in [3.05, 3.63) is 35.2 Å². The second kappa shape index (κ2) is 7.32. The second-order valence-electron chi connectivity index (χ2n) is 6.06. The number of benzene rings is 1. The van der Waals surface area contributed by atoms with E-state index in [0.717, 1.165) is 31.5 Å². The average Bonchev–Trinajstić information content (AvgIpc) is 3.10. The summed E-state index contributed by atoms with van der Waals surface area (Å²) in [5.74, 6) is 1.29. The highest BCUT2D eigenvalue weighted by Gasteiger charge is 2.29. The van der Waals surface area contributed by atoms with Gasteiger partial charge in [-0.1, -0.05) is 17.7 Å². The second-order valence-corrected chi connectivity index (χ2v) is 6.49. The Labute approximate surface area is 146 Å². The van der Waals surface area contributed by atoms with Crippen molar-refractivity contribution in [2.24, 2.45) is 5.92 Å². The van der Waals surface area contributed by atoms with E-state index in [-0.39, 0.29) is 17.9 Å². The van der Waals surface area contributed by atoms with Gasteiger partial charge >= 0.3 is 0 Å². The molecule has 1 atom stereocenters. The lowest BCUT2D eigenvalue weighted by Gasteiger charge is -2.33. The highest BCUT2D eigenvalue weighted by molar-refractivity contribution is 6.30. The molecule has 1 aliphatic rings. The van der Waals surface area contributed by atoms with Crippen molar-refractivity contribution < 1.29 is 9.21 Å². The number of piperidine rings is 1. The lowest BCUT2D eigenvalue weighted by atomic mass is 9.95. The summed E-state index contributed by atoms with van der Waals surface area (Å²) in [7, 11) is 1.69. The molecular weight excluding hydrogens is 328 g/mol. The highest BCUT2D eigenvalue weighted by atomic mass is 35.5. The Morgan fingerprint density at radius 3 is 2.79 bits per heavy atom. The molecule has 1 saturated heterocycles. The minimum Gasteiger partial charge on any atom is -0.419 e. The number of hydrogen-bond donors (Lipinski definition) is 1. The van der Waals surface area contributed by atoms with Crippen molar-refractivity contribution >= 4 is 17.5 Å². The van der Waals surface area contributed by atoms with Gasteiger partial charge in [-0.05, 0) is 51.1 Å². The summed E-state index contributed by atoms with van der Waals surface area (Å²) in [5.41, 5.74) is 0.812. The van der Waals surface area contributed by atoms with E-state index in [0.29, 0.717) is 16.8 Å². The number of carbonyl (C=O) groups is 1. The van der Waals surface area contributed by atoms with Gasteiger partial charge in [0.1, 0.15) is 0 Å². The number of rotatable bonds is 4. The van der Waals surface area contributed by atoms with E-state index < -0.39 is 0 Å². The third-order valence-corrected chi connectivity index (χ3v) is 4.80. The smallest absolute Gasteiger partial charge is 0.247 e. The maximum absolute atomic E-state index is 11.7. The normalized spacial score (nSPS) is 17.6. The first-order valence-corrected chi connectivity index (χ1v) is 8.51.